The van der Waals surface area contributed by atoms with Crippen LogP contribution in [0.15, 0.2) is 18.2 Å². The van der Waals surface area contributed by atoms with Crippen LogP contribution in [0, 0.1) is 0 Å². The lowest BCUT2D eigenvalue weighted by Crippen LogP contribution is -2.52. The van der Waals surface area contributed by atoms with E-state index in [1.807, 2.05) is 18.2 Å². The van der Waals surface area contributed by atoms with Crippen LogP contribution in [0.3, 0.4) is 0 Å². The van der Waals surface area contributed by atoms with E-state index in [1.165, 1.54) is 0 Å². The third-order valence-electron chi connectivity index (χ3n) is 3.00. The first-order valence-corrected chi connectivity index (χ1v) is 4.91. The highest BCUT2D eigenvalue weighted by Crippen LogP contribution is 2.28. The molecule has 0 spiro atoms. The van der Waals surface area contributed by atoms with Crippen molar-refractivity contribution >= 4 is 24.1 Å². The molecule has 0 aromatic heterocycles. The molecule has 88 valence electrons. The van der Waals surface area contributed by atoms with E-state index in [0.29, 0.717) is 24.9 Å². The molecular weight excluding hydrogens is 228 g/mol. The Morgan fingerprint density at radius 1 is 1.38 bits per heavy atom. The SMILES string of the molecule is Cl.Nc1ccc2c(c1)CC(N)(C(=O)O)CC2. The molecule has 0 aliphatic heterocycles. The molecule has 1 aliphatic carbocycles. The van der Waals surface area contributed by atoms with Gasteiger partial charge in [-0.05, 0) is 36.1 Å². The summed E-state index contributed by atoms with van der Waals surface area (Å²) in [6.07, 6.45) is 1.56. The maximum atomic E-state index is 11.0. The highest BCUT2D eigenvalue weighted by atomic mass is 35.5. The van der Waals surface area contributed by atoms with Crippen LogP contribution in [0.25, 0.3) is 0 Å². The van der Waals surface area contributed by atoms with Crippen molar-refractivity contribution in [2.24, 2.45) is 5.73 Å². The Hall–Kier alpha value is -1.26. The Morgan fingerprint density at radius 3 is 2.69 bits per heavy atom. The Kier molecular flexibility index (Phi) is 3.45. The van der Waals surface area contributed by atoms with E-state index in [9.17, 15) is 4.79 Å². The molecule has 1 aromatic carbocycles. The van der Waals surface area contributed by atoms with E-state index < -0.39 is 11.5 Å². The summed E-state index contributed by atoms with van der Waals surface area (Å²) in [5.74, 6) is -0.935. The standard InChI is InChI=1S/C11H14N2O2.ClH/c12-9-2-1-7-3-4-11(13,10(14)15)6-8(7)5-9;/h1-2,5H,3-4,6,12-13H2,(H,14,15);1H. The van der Waals surface area contributed by atoms with Crippen LogP contribution in [0.4, 0.5) is 5.69 Å². The summed E-state index contributed by atoms with van der Waals surface area (Å²) in [6, 6.07) is 5.61. The van der Waals surface area contributed by atoms with Gasteiger partial charge in [-0.2, -0.15) is 0 Å². The summed E-state index contributed by atoms with van der Waals surface area (Å²) >= 11 is 0. The van der Waals surface area contributed by atoms with Crippen molar-refractivity contribution in [3.05, 3.63) is 29.3 Å². The van der Waals surface area contributed by atoms with Gasteiger partial charge in [-0.1, -0.05) is 6.07 Å². The zero-order chi connectivity index (χ0) is 11.1. The minimum atomic E-state index is -1.12. The molecular formula is C11H15ClN2O2. The van der Waals surface area contributed by atoms with E-state index in [2.05, 4.69) is 0 Å². The third kappa shape index (κ3) is 2.13. The number of benzene rings is 1. The van der Waals surface area contributed by atoms with E-state index in [4.69, 9.17) is 16.6 Å². The normalized spacial score (nSPS) is 23.1. The number of halogens is 1. The first-order chi connectivity index (χ1) is 7.01. The monoisotopic (exact) mass is 242 g/mol. The lowest BCUT2D eigenvalue weighted by atomic mass is 9.78. The van der Waals surface area contributed by atoms with Gasteiger partial charge in [-0.3, -0.25) is 4.79 Å². The number of hydrogen-bond donors (Lipinski definition) is 3. The van der Waals surface area contributed by atoms with Crippen molar-refractivity contribution in [3.63, 3.8) is 0 Å². The number of nitrogen functional groups attached to an aromatic ring is 1. The van der Waals surface area contributed by atoms with Gasteiger partial charge in [0.2, 0.25) is 0 Å². The molecule has 4 nitrogen and oxygen atoms in total. The Bertz CT molecular complexity index is 422. The average Bonchev–Trinajstić information content (AvgIpc) is 2.16. The summed E-state index contributed by atoms with van der Waals surface area (Å²) in [4.78, 5) is 11.0. The molecule has 0 heterocycles. The van der Waals surface area contributed by atoms with E-state index >= 15 is 0 Å². The molecule has 0 saturated heterocycles. The summed E-state index contributed by atoms with van der Waals surface area (Å²) in [7, 11) is 0. The minimum absolute atomic E-state index is 0. The summed E-state index contributed by atoms with van der Waals surface area (Å²) in [6.45, 7) is 0. The molecule has 0 radical (unpaired) electrons. The van der Waals surface area contributed by atoms with Gasteiger partial charge in [-0.15, -0.1) is 12.4 Å². The van der Waals surface area contributed by atoms with Crippen molar-refractivity contribution in [2.75, 3.05) is 5.73 Å². The Labute approximate surface area is 100 Å². The van der Waals surface area contributed by atoms with Gasteiger partial charge in [0, 0.05) is 12.1 Å². The number of nitrogens with two attached hydrogens (primary N) is 2. The molecule has 0 amide bonds. The van der Waals surface area contributed by atoms with Crippen molar-refractivity contribution in [1.82, 2.24) is 0 Å². The fourth-order valence-corrected chi connectivity index (χ4v) is 2.02. The topological polar surface area (TPSA) is 89.3 Å². The van der Waals surface area contributed by atoms with Gasteiger partial charge in [0.1, 0.15) is 5.54 Å². The van der Waals surface area contributed by atoms with Gasteiger partial charge in [0.25, 0.3) is 0 Å². The van der Waals surface area contributed by atoms with Crippen LogP contribution in [0.2, 0.25) is 0 Å². The molecule has 0 saturated carbocycles. The highest BCUT2D eigenvalue weighted by molar-refractivity contribution is 5.85. The number of rotatable bonds is 1. The van der Waals surface area contributed by atoms with Crippen molar-refractivity contribution in [2.45, 2.75) is 24.8 Å². The lowest BCUT2D eigenvalue weighted by molar-refractivity contribution is -0.143. The van der Waals surface area contributed by atoms with Gasteiger partial charge in [0.05, 0.1) is 0 Å². The smallest absolute Gasteiger partial charge is 0.324 e. The average molecular weight is 243 g/mol. The number of carboxylic acids is 1. The fourth-order valence-electron chi connectivity index (χ4n) is 2.02. The second kappa shape index (κ2) is 4.31. The molecule has 16 heavy (non-hydrogen) atoms. The van der Waals surface area contributed by atoms with Crippen LogP contribution >= 0.6 is 12.4 Å². The molecule has 5 N–H and O–H groups in total. The number of aliphatic carboxylic acids is 1. The minimum Gasteiger partial charge on any atom is -0.480 e. The van der Waals surface area contributed by atoms with Crippen LogP contribution in [-0.4, -0.2) is 16.6 Å². The van der Waals surface area contributed by atoms with E-state index in [1.54, 1.807) is 0 Å². The second-order valence-corrected chi connectivity index (χ2v) is 4.17. The molecule has 2 rings (SSSR count). The van der Waals surface area contributed by atoms with Crippen molar-refractivity contribution in [1.29, 1.82) is 0 Å². The molecule has 0 fully saturated rings. The van der Waals surface area contributed by atoms with Crippen LogP contribution in [0.5, 0.6) is 0 Å². The molecule has 1 aliphatic rings. The first-order valence-electron chi connectivity index (χ1n) is 4.91. The number of hydrogen-bond acceptors (Lipinski definition) is 3. The van der Waals surface area contributed by atoms with Crippen LogP contribution in [0.1, 0.15) is 17.5 Å². The van der Waals surface area contributed by atoms with Gasteiger partial charge < -0.3 is 16.6 Å². The molecule has 0 bridgehead atoms. The quantitative estimate of drug-likeness (QED) is 0.640. The number of aryl methyl sites for hydroxylation is 1. The largest absolute Gasteiger partial charge is 0.480 e. The molecule has 5 heteroatoms. The maximum Gasteiger partial charge on any atom is 0.324 e. The van der Waals surface area contributed by atoms with Gasteiger partial charge in [-0.25, -0.2) is 0 Å². The number of fused-ring (bicyclic) bond motifs is 1. The number of anilines is 1. The van der Waals surface area contributed by atoms with Gasteiger partial charge >= 0.3 is 5.97 Å². The van der Waals surface area contributed by atoms with Crippen LogP contribution in [-0.2, 0) is 17.6 Å². The predicted octanol–water partition coefficient (Wildman–Crippen LogP) is 0.961. The zero-order valence-electron chi connectivity index (χ0n) is 8.77. The van der Waals surface area contributed by atoms with E-state index in [-0.39, 0.29) is 12.4 Å². The van der Waals surface area contributed by atoms with E-state index in [0.717, 1.165) is 11.1 Å². The maximum absolute atomic E-state index is 11.0. The summed E-state index contributed by atoms with van der Waals surface area (Å²) in [5, 5.41) is 9.04. The summed E-state index contributed by atoms with van der Waals surface area (Å²) < 4.78 is 0. The lowest BCUT2D eigenvalue weighted by Gasteiger charge is -2.30. The first kappa shape index (κ1) is 12.8. The molecule has 1 aromatic rings. The number of carbonyl (C=O) groups is 1. The van der Waals surface area contributed by atoms with Crippen LogP contribution < -0.4 is 11.5 Å². The fraction of sp³-hybridized carbons (Fsp3) is 0.364. The van der Waals surface area contributed by atoms with Gasteiger partial charge in [0.15, 0.2) is 0 Å². The summed E-state index contributed by atoms with van der Waals surface area (Å²) in [5.41, 5.74) is 13.1. The highest BCUT2D eigenvalue weighted by Gasteiger charge is 2.37. The third-order valence-corrected chi connectivity index (χ3v) is 3.00. The second-order valence-electron chi connectivity index (χ2n) is 4.17. The predicted molar refractivity (Wildman–Crippen MR) is 64.7 cm³/mol. The Balaban J connectivity index is 0.00000128. The van der Waals surface area contributed by atoms with Crippen molar-refractivity contribution in [3.8, 4) is 0 Å². The molecule has 1 atom stereocenters. The molecule has 1 unspecified atom stereocenters. The number of carboxylic acid groups (broad SMARTS) is 1. The zero-order valence-corrected chi connectivity index (χ0v) is 9.59. The van der Waals surface area contributed by atoms with Crippen molar-refractivity contribution < 1.29 is 9.90 Å². The Morgan fingerprint density at radius 2 is 2.06 bits per heavy atom.